The molecule has 1 amide bonds. The molecule has 158 valence electrons. The summed E-state index contributed by atoms with van der Waals surface area (Å²) in [7, 11) is 2.05. The van der Waals surface area contributed by atoms with Crippen molar-refractivity contribution >= 4 is 22.5 Å². The van der Waals surface area contributed by atoms with E-state index in [1.165, 1.54) is 0 Å². The number of benzene rings is 1. The number of nitriles is 1. The van der Waals surface area contributed by atoms with Gasteiger partial charge in [-0.05, 0) is 38.2 Å². The first kappa shape index (κ1) is 20.5. The predicted octanol–water partition coefficient (Wildman–Crippen LogP) is 1.15. The molecule has 8 nitrogen and oxygen atoms in total. The molecule has 1 unspecified atom stereocenters. The second-order valence-corrected chi connectivity index (χ2v) is 7.98. The quantitative estimate of drug-likeness (QED) is 0.810. The van der Waals surface area contributed by atoms with Gasteiger partial charge in [0.1, 0.15) is 6.07 Å². The second kappa shape index (κ2) is 8.96. The van der Waals surface area contributed by atoms with E-state index in [1.54, 1.807) is 12.3 Å². The molecule has 2 aliphatic heterocycles. The Morgan fingerprint density at radius 1 is 1.33 bits per heavy atom. The topological polar surface area (TPSA) is 90.7 Å². The van der Waals surface area contributed by atoms with E-state index in [0.717, 1.165) is 24.2 Å². The number of aromatic nitrogens is 1. The summed E-state index contributed by atoms with van der Waals surface area (Å²) in [6, 6.07) is 9.75. The Bertz CT molecular complexity index is 959. The van der Waals surface area contributed by atoms with Gasteiger partial charge in [-0.15, -0.1) is 0 Å². The normalized spacial score (nSPS) is 25.1. The van der Waals surface area contributed by atoms with Crippen molar-refractivity contribution in [2.24, 2.45) is 0 Å². The summed E-state index contributed by atoms with van der Waals surface area (Å²) in [5, 5.41) is 13.3. The molecule has 0 spiro atoms. The van der Waals surface area contributed by atoms with Crippen LogP contribution in [0.15, 0.2) is 30.5 Å². The molecular weight excluding hydrogens is 382 g/mol. The van der Waals surface area contributed by atoms with Crippen LogP contribution in [-0.2, 0) is 14.3 Å². The van der Waals surface area contributed by atoms with Crippen LogP contribution < -0.4 is 10.2 Å². The number of ether oxygens (including phenoxy) is 2. The third-order valence-corrected chi connectivity index (χ3v) is 5.61. The van der Waals surface area contributed by atoms with Crippen LogP contribution >= 0.6 is 0 Å². The van der Waals surface area contributed by atoms with Crippen molar-refractivity contribution in [3.8, 4) is 6.07 Å². The molecule has 1 aromatic carbocycles. The molecule has 0 radical (unpaired) electrons. The van der Waals surface area contributed by atoms with E-state index < -0.39 is 6.10 Å². The molecule has 30 heavy (non-hydrogen) atoms. The minimum Gasteiger partial charge on any atom is -0.374 e. The van der Waals surface area contributed by atoms with Gasteiger partial charge >= 0.3 is 0 Å². The minimum absolute atomic E-state index is 0.00152. The zero-order valence-corrected chi connectivity index (χ0v) is 17.4. The van der Waals surface area contributed by atoms with Crippen LogP contribution in [0.4, 0.5) is 5.69 Å². The summed E-state index contributed by atoms with van der Waals surface area (Å²) in [6.07, 6.45) is 1.01. The van der Waals surface area contributed by atoms with E-state index in [0.29, 0.717) is 37.3 Å². The molecule has 4 rings (SSSR count). The van der Waals surface area contributed by atoms with Crippen molar-refractivity contribution in [1.29, 1.82) is 5.26 Å². The molecule has 3 heterocycles. The zero-order valence-electron chi connectivity index (χ0n) is 17.4. The Morgan fingerprint density at radius 3 is 3.00 bits per heavy atom. The van der Waals surface area contributed by atoms with Gasteiger partial charge in [-0.2, -0.15) is 5.26 Å². The molecule has 2 aliphatic rings. The smallest absolute Gasteiger partial charge is 0.251 e. The lowest BCUT2D eigenvalue weighted by Crippen LogP contribution is -2.54. The van der Waals surface area contributed by atoms with Crippen LogP contribution in [0.3, 0.4) is 0 Å². The number of nitrogens with one attached hydrogen (secondary N) is 1. The first-order valence-corrected chi connectivity index (χ1v) is 10.3. The highest BCUT2D eigenvalue weighted by molar-refractivity contribution is 5.95. The fourth-order valence-electron chi connectivity index (χ4n) is 4.14. The lowest BCUT2D eigenvalue weighted by molar-refractivity contribution is -0.138. The van der Waals surface area contributed by atoms with Gasteiger partial charge in [-0.25, -0.2) is 0 Å². The Hall–Kier alpha value is -2.73. The van der Waals surface area contributed by atoms with E-state index >= 15 is 0 Å². The lowest BCUT2D eigenvalue weighted by atomic mass is 10.1. The largest absolute Gasteiger partial charge is 0.374 e. The average molecular weight is 409 g/mol. The fraction of sp³-hybridized carbons (Fsp3) is 0.500. The monoisotopic (exact) mass is 409 g/mol. The number of amides is 1. The standard InChI is InChI=1S/C22H27N5O3/c1-15-12-27(19-6-5-16(10-23)21-18(19)4-3-7-24-21)14-20(30-15)22(28)25-11-17-13-26(2)8-9-29-17/h3-7,15,17,20H,8-9,11-14H2,1-2H3,(H,25,28)/t15-,17?,20-/m1/s1. The summed E-state index contributed by atoms with van der Waals surface area (Å²) in [4.78, 5) is 21.6. The van der Waals surface area contributed by atoms with Crippen LogP contribution in [0.5, 0.6) is 0 Å². The number of morpholine rings is 2. The van der Waals surface area contributed by atoms with E-state index in [-0.39, 0.29) is 18.1 Å². The number of pyridine rings is 1. The SMILES string of the molecule is C[C@@H]1CN(c2ccc(C#N)c3ncccc23)C[C@H](C(=O)NCC2CN(C)CCO2)O1. The number of nitrogens with zero attached hydrogens (tertiary/aromatic N) is 4. The number of hydrogen-bond acceptors (Lipinski definition) is 7. The molecule has 0 bridgehead atoms. The number of hydrogen-bond donors (Lipinski definition) is 1. The molecule has 2 saturated heterocycles. The Labute approximate surface area is 176 Å². The summed E-state index contributed by atoms with van der Waals surface area (Å²) >= 11 is 0. The maximum Gasteiger partial charge on any atom is 0.251 e. The van der Waals surface area contributed by atoms with Crippen LogP contribution in [0, 0.1) is 11.3 Å². The Balaban J connectivity index is 1.48. The summed E-state index contributed by atoms with van der Waals surface area (Å²) in [6.45, 7) is 5.95. The van der Waals surface area contributed by atoms with Gasteiger partial charge in [-0.3, -0.25) is 9.78 Å². The average Bonchev–Trinajstić information content (AvgIpc) is 2.76. The van der Waals surface area contributed by atoms with E-state index in [1.807, 2.05) is 25.1 Å². The van der Waals surface area contributed by atoms with Crippen LogP contribution in [0.25, 0.3) is 10.9 Å². The molecular formula is C22H27N5O3. The molecule has 0 aliphatic carbocycles. The van der Waals surface area contributed by atoms with Gasteiger partial charge in [0, 0.05) is 43.4 Å². The summed E-state index contributed by atoms with van der Waals surface area (Å²) < 4.78 is 11.7. The summed E-state index contributed by atoms with van der Waals surface area (Å²) in [5.74, 6) is -0.126. The Morgan fingerprint density at radius 2 is 2.20 bits per heavy atom. The van der Waals surface area contributed by atoms with Gasteiger partial charge in [0.15, 0.2) is 6.10 Å². The maximum absolute atomic E-state index is 12.8. The molecule has 0 saturated carbocycles. The maximum atomic E-state index is 12.8. The highest BCUT2D eigenvalue weighted by atomic mass is 16.5. The first-order chi connectivity index (χ1) is 14.5. The zero-order chi connectivity index (χ0) is 21.1. The summed E-state index contributed by atoms with van der Waals surface area (Å²) in [5.41, 5.74) is 2.18. The van der Waals surface area contributed by atoms with E-state index in [9.17, 15) is 10.1 Å². The van der Waals surface area contributed by atoms with Crippen molar-refractivity contribution in [3.63, 3.8) is 0 Å². The Kier molecular flexibility index (Phi) is 6.13. The molecule has 2 aromatic rings. The number of fused-ring (bicyclic) bond motifs is 1. The highest BCUT2D eigenvalue weighted by Gasteiger charge is 2.32. The van der Waals surface area contributed by atoms with Crippen molar-refractivity contribution in [1.82, 2.24) is 15.2 Å². The van der Waals surface area contributed by atoms with Crippen molar-refractivity contribution in [2.45, 2.75) is 25.2 Å². The van der Waals surface area contributed by atoms with Gasteiger partial charge in [0.2, 0.25) is 0 Å². The predicted molar refractivity (Wildman–Crippen MR) is 113 cm³/mol. The third kappa shape index (κ3) is 4.38. The van der Waals surface area contributed by atoms with E-state index in [4.69, 9.17) is 9.47 Å². The number of rotatable bonds is 4. The number of likely N-dealkylation sites (N-methyl/N-ethyl adjacent to an activating group) is 1. The van der Waals surface area contributed by atoms with E-state index in [2.05, 4.69) is 33.2 Å². The molecule has 1 aromatic heterocycles. The van der Waals surface area contributed by atoms with Crippen LogP contribution in [0.1, 0.15) is 12.5 Å². The van der Waals surface area contributed by atoms with Crippen molar-refractivity contribution < 1.29 is 14.3 Å². The first-order valence-electron chi connectivity index (χ1n) is 10.3. The van der Waals surface area contributed by atoms with Crippen molar-refractivity contribution in [3.05, 3.63) is 36.0 Å². The van der Waals surface area contributed by atoms with Gasteiger partial charge in [0.25, 0.3) is 5.91 Å². The molecule has 2 fully saturated rings. The van der Waals surface area contributed by atoms with Gasteiger partial charge in [-0.1, -0.05) is 0 Å². The second-order valence-electron chi connectivity index (χ2n) is 7.98. The van der Waals surface area contributed by atoms with Gasteiger partial charge < -0.3 is 24.6 Å². The van der Waals surface area contributed by atoms with Crippen molar-refractivity contribution in [2.75, 3.05) is 51.3 Å². The molecule has 8 heteroatoms. The lowest BCUT2D eigenvalue weighted by Gasteiger charge is -2.38. The fourth-order valence-corrected chi connectivity index (χ4v) is 4.14. The number of anilines is 1. The molecule has 1 N–H and O–H groups in total. The number of carbonyl (C=O) groups excluding carboxylic acids is 1. The molecule has 3 atom stereocenters. The van der Waals surface area contributed by atoms with Crippen LogP contribution in [-0.4, -0.2) is 80.5 Å². The minimum atomic E-state index is -0.572. The highest BCUT2D eigenvalue weighted by Crippen LogP contribution is 2.30. The third-order valence-electron chi connectivity index (χ3n) is 5.61. The number of carbonyl (C=O) groups is 1. The van der Waals surface area contributed by atoms with Crippen LogP contribution in [0.2, 0.25) is 0 Å². The van der Waals surface area contributed by atoms with Gasteiger partial charge in [0.05, 0.1) is 36.4 Å².